The molecular weight excluding hydrogens is 278 g/mol. The summed E-state index contributed by atoms with van der Waals surface area (Å²) in [5.41, 5.74) is 4.71. The molecule has 1 unspecified atom stereocenters. The molecule has 0 spiro atoms. The summed E-state index contributed by atoms with van der Waals surface area (Å²) in [6.45, 7) is 0.511. The number of nitrogens with two attached hydrogens (primary N) is 1. The summed E-state index contributed by atoms with van der Waals surface area (Å²) in [6, 6.07) is 1.94. The van der Waals surface area contributed by atoms with Crippen molar-refractivity contribution in [1.82, 2.24) is 0 Å². The van der Waals surface area contributed by atoms with E-state index in [2.05, 4.69) is 0 Å². The van der Waals surface area contributed by atoms with Crippen molar-refractivity contribution >= 4 is 21.4 Å². The highest BCUT2D eigenvalue weighted by Gasteiger charge is 2.25. The molecule has 3 N–H and O–H groups in total. The van der Waals surface area contributed by atoms with Gasteiger partial charge in [0.05, 0.1) is 17.5 Å². The molecule has 1 fully saturated rings. The van der Waals surface area contributed by atoms with Crippen molar-refractivity contribution in [2.75, 3.05) is 22.8 Å². The van der Waals surface area contributed by atoms with Crippen LogP contribution >= 0.6 is 0 Å². The first kappa shape index (κ1) is 14.0. The Morgan fingerprint density at radius 3 is 2.79 bits per heavy atom. The van der Waals surface area contributed by atoms with Gasteiger partial charge < -0.3 is 10.5 Å². The van der Waals surface area contributed by atoms with Gasteiger partial charge >= 0.3 is 0 Å². The third-order valence-electron chi connectivity index (χ3n) is 2.81. The molecule has 1 aromatic carbocycles. The molecular formula is C11H14F2N2O3S. The highest BCUT2D eigenvalue weighted by atomic mass is 32.2. The summed E-state index contributed by atoms with van der Waals surface area (Å²) in [6.07, 6.45) is 0.994. The number of sulfonamides is 1. The van der Waals surface area contributed by atoms with Crippen LogP contribution in [0.15, 0.2) is 12.1 Å². The number of hydrogen-bond donors (Lipinski definition) is 2. The van der Waals surface area contributed by atoms with E-state index in [1.54, 1.807) is 0 Å². The molecule has 1 atom stereocenters. The number of anilines is 2. The molecule has 1 heterocycles. The fraction of sp³-hybridized carbons (Fsp3) is 0.455. The Kier molecular flexibility index (Phi) is 3.91. The van der Waals surface area contributed by atoms with Gasteiger partial charge in [0.15, 0.2) is 11.6 Å². The first-order valence-electron chi connectivity index (χ1n) is 5.74. The van der Waals surface area contributed by atoms with E-state index in [1.165, 1.54) is 0 Å². The minimum absolute atomic E-state index is 0.171. The van der Waals surface area contributed by atoms with Gasteiger partial charge in [-0.2, -0.15) is 0 Å². The molecule has 19 heavy (non-hydrogen) atoms. The highest BCUT2D eigenvalue weighted by molar-refractivity contribution is 7.92. The molecule has 8 heteroatoms. The van der Waals surface area contributed by atoms with Crippen molar-refractivity contribution in [3.8, 4) is 0 Å². The molecule has 106 valence electrons. The maximum absolute atomic E-state index is 13.5. The topological polar surface area (TPSA) is 81.4 Å². The largest absolute Gasteiger partial charge is 0.397 e. The summed E-state index contributed by atoms with van der Waals surface area (Å²) in [7, 11) is -3.84. The molecule has 2 rings (SSSR count). The lowest BCUT2D eigenvalue weighted by atomic mass is 10.2. The van der Waals surface area contributed by atoms with Gasteiger partial charge in [-0.15, -0.1) is 0 Å². The van der Waals surface area contributed by atoms with Crippen LogP contribution in [-0.2, 0) is 14.8 Å². The van der Waals surface area contributed by atoms with Crippen LogP contribution in [0.2, 0.25) is 0 Å². The molecule has 0 radical (unpaired) electrons. The number of halogens is 2. The lowest BCUT2D eigenvalue weighted by Gasteiger charge is -2.14. The monoisotopic (exact) mass is 292 g/mol. The van der Waals surface area contributed by atoms with Crippen LogP contribution in [0.25, 0.3) is 0 Å². The smallest absolute Gasteiger partial charge is 0.235 e. The van der Waals surface area contributed by atoms with Crippen molar-refractivity contribution in [3.63, 3.8) is 0 Å². The van der Waals surface area contributed by atoms with Crippen molar-refractivity contribution < 1.29 is 21.9 Å². The number of ether oxygens (including phenoxy) is 1. The van der Waals surface area contributed by atoms with Crippen molar-refractivity contribution in [2.24, 2.45) is 0 Å². The normalized spacial score (nSPS) is 19.6. The van der Waals surface area contributed by atoms with Gasteiger partial charge in [0, 0.05) is 6.61 Å². The Morgan fingerprint density at radius 2 is 2.16 bits per heavy atom. The first-order valence-corrected chi connectivity index (χ1v) is 7.40. The van der Waals surface area contributed by atoms with Crippen LogP contribution in [0.1, 0.15) is 12.8 Å². The van der Waals surface area contributed by atoms with E-state index in [1.807, 2.05) is 4.72 Å². The SMILES string of the molecule is Nc1ccc(F)c(F)c1NS(=O)(=O)CC1CCCO1. The summed E-state index contributed by atoms with van der Waals surface area (Å²) in [5.74, 6) is -2.78. The maximum Gasteiger partial charge on any atom is 0.235 e. The van der Waals surface area contributed by atoms with Crippen LogP contribution in [0.3, 0.4) is 0 Å². The van der Waals surface area contributed by atoms with E-state index >= 15 is 0 Å². The Bertz CT molecular complexity index is 572. The van der Waals surface area contributed by atoms with Crippen molar-refractivity contribution in [3.05, 3.63) is 23.8 Å². The van der Waals surface area contributed by atoms with Crippen LogP contribution in [0, 0.1) is 11.6 Å². The lowest BCUT2D eigenvalue weighted by Crippen LogP contribution is -2.26. The number of benzene rings is 1. The number of nitrogens with one attached hydrogen (secondary N) is 1. The fourth-order valence-electron chi connectivity index (χ4n) is 1.89. The van der Waals surface area contributed by atoms with Gasteiger partial charge in [0.2, 0.25) is 10.0 Å². The second-order valence-electron chi connectivity index (χ2n) is 4.34. The van der Waals surface area contributed by atoms with Gasteiger partial charge in [0.25, 0.3) is 0 Å². The lowest BCUT2D eigenvalue weighted by molar-refractivity contribution is 0.127. The van der Waals surface area contributed by atoms with E-state index in [0.29, 0.717) is 13.0 Å². The van der Waals surface area contributed by atoms with Gasteiger partial charge in [-0.25, -0.2) is 17.2 Å². The molecule has 1 saturated heterocycles. The zero-order valence-corrected chi connectivity index (χ0v) is 10.8. The molecule has 0 aliphatic carbocycles. The third-order valence-corrected chi connectivity index (χ3v) is 4.14. The van der Waals surface area contributed by atoms with Crippen LogP contribution in [0.5, 0.6) is 0 Å². The molecule has 5 nitrogen and oxygen atoms in total. The molecule has 1 aliphatic rings. The highest BCUT2D eigenvalue weighted by Crippen LogP contribution is 2.26. The maximum atomic E-state index is 13.5. The average Bonchev–Trinajstić information content (AvgIpc) is 2.82. The van der Waals surface area contributed by atoms with Gasteiger partial charge in [-0.1, -0.05) is 0 Å². The van der Waals surface area contributed by atoms with E-state index in [9.17, 15) is 17.2 Å². The third kappa shape index (κ3) is 3.32. The van der Waals surface area contributed by atoms with E-state index < -0.39 is 33.4 Å². The summed E-state index contributed by atoms with van der Waals surface area (Å²) in [5, 5.41) is 0. The quantitative estimate of drug-likeness (QED) is 0.823. The molecule has 1 aliphatic heterocycles. The summed E-state index contributed by atoms with van der Waals surface area (Å²) < 4.78 is 57.4. The van der Waals surface area contributed by atoms with Crippen LogP contribution in [-0.4, -0.2) is 26.9 Å². The minimum Gasteiger partial charge on any atom is -0.397 e. The predicted molar refractivity (Wildman–Crippen MR) is 67.2 cm³/mol. The molecule has 1 aromatic rings. The van der Waals surface area contributed by atoms with Gasteiger partial charge in [0.1, 0.15) is 5.69 Å². The zero-order chi connectivity index (χ0) is 14.0. The minimum atomic E-state index is -3.84. The first-order chi connectivity index (χ1) is 8.89. The Morgan fingerprint density at radius 1 is 1.42 bits per heavy atom. The Hall–Kier alpha value is -1.41. The molecule has 0 saturated carbocycles. The molecule has 0 bridgehead atoms. The van der Waals surface area contributed by atoms with Crippen LogP contribution < -0.4 is 10.5 Å². The van der Waals surface area contributed by atoms with E-state index in [0.717, 1.165) is 18.6 Å². The van der Waals surface area contributed by atoms with E-state index in [4.69, 9.17) is 10.5 Å². The van der Waals surface area contributed by atoms with Crippen molar-refractivity contribution in [1.29, 1.82) is 0 Å². The molecule has 0 aromatic heterocycles. The Labute approximate surface area is 109 Å². The molecule has 0 amide bonds. The van der Waals surface area contributed by atoms with Crippen molar-refractivity contribution in [2.45, 2.75) is 18.9 Å². The standard InChI is InChI=1S/C11H14F2N2O3S/c12-8-3-4-9(14)11(10(8)13)15-19(16,17)6-7-2-1-5-18-7/h3-4,7,15H,1-2,5-6,14H2. The number of nitrogen functional groups attached to an aromatic ring is 1. The van der Waals surface area contributed by atoms with Crippen LogP contribution in [0.4, 0.5) is 20.2 Å². The second-order valence-corrected chi connectivity index (χ2v) is 6.11. The number of rotatable bonds is 4. The zero-order valence-electron chi connectivity index (χ0n) is 10.0. The van der Waals surface area contributed by atoms with Gasteiger partial charge in [-0.3, -0.25) is 4.72 Å². The van der Waals surface area contributed by atoms with Gasteiger partial charge in [-0.05, 0) is 25.0 Å². The number of hydrogen-bond acceptors (Lipinski definition) is 4. The van der Waals surface area contributed by atoms with E-state index in [-0.39, 0.29) is 11.4 Å². The predicted octanol–water partition coefficient (Wildman–Crippen LogP) is 1.47. The second kappa shape index (κ2) is 5.30. The average molecular weight is 292 g/mol. The summed E-state index contributed by atoms with van der Waals surface area (Å²) in [4.78, 5) is 0. The summed E-state index contributed by atoms with van der Waals surface area (Å²) >= 11 is 0. The fourth-order valence-corrected chi connectivity index (χ4v) is 3.24. The Balaban J connectivity index is 2.18.